The van der Waals surface area contributed by atoms with Gasteiger partial charge in [0.1, 0.15) is 0 Å². The Kier molecular flexibility index (Phi) is 4.95. The third-order valence-corrected chi connectivity index (χ3v) is 4.83. The highest BCUT2D eigenvalue weighted by Crippen LogP contribution is 2.49. The monoisotopic (exact) mass is 435 g/mol. The number of alkyl halides is 4. The van der Waals surface area contributed by atoms with Gasteiger partial charge < -0.3 is 4.74 Å². The van der Waals surface area contributed by atoms with Crippen LogP contribution in [0.4, 0.5) is 23.7 Å². The fourth-order valence-corrected chi connectivity index (χ4v) is 3.02. The fourth-order valence-electron chi connectivity index (χ4n) is 2.60. The van der Waals surface area contributed by atoms with Gasteiger partial charge in [-0.05, 0) is 43.4 Å². The average molecular weight is 437 g/mol. The van der Waals surface area contributed by atoms with E-state index in [-0.39, 0.29) is 28.7 Å². The lowest BCUT2D eigenvalue weighted by Crippen LogP contribution is -2.53. The Balaban J connectivity index is 2.17. The lowest BCUT2D eigenvalue weighted by molar-refractivity contribution is -0.240. The zero-order chi connectivity index (χ0) is 18.2. The Morgan fingerprint density at radius 3 is 2.72 bits per heavy atom. The van der Waals surface area contributed by atoms with Crippen molar-refractivity contribution in [1.82, 2.24) is 0 Å². The molecule has 0 radical (unpaired) electrons. The van der Waals surface area contributed by atoms with Gasteiger partial charge >= 0.3 is 12.3 Å². The number of carbonyl (C=O) groups excluding carboxylic acids is 1. The van der Waals surface area contributed by atoms with E-state index in [0.717, 1.165) is 12.8 Å². The van der Waals surface area contributed by atoms with Crippen LogP contribution >= 0.6 is 27.5 Å². The maximum Gasteiger partial charge on any atom is 0.445 e. The third-order valence-electron chi connectivity index (χ3n) is 4.03. The number of fused-ring (bicyclic) bond motifs is 1. The number of rotatable bonds is 3. The quantitative estimate of drug-likeness (QED) is 0.478. The molecule has 1 heterocycles. The van der Waals surface area contributed by atoms with Crippen LogP contribution in [-0.2, 0) is 10.3 Å². The number of amides is 1. The van der Waals surface area contributed by atoms with E-state index in [4.69, 9.17) is 16.3 Å². The van der Waals surface area contributed by atoms with Crippen LogP contribution in [-0.4, -0.2) is 24.1 Å². The first kappa shape index (κ1) is 18.4. The number of hydrogen-bond acceptors (Lipinski definition) is 2. The van der Waals surface area contributed by atoms with Crippen LogP contribution in [0.15, 0.2) is 18.2 Å². The van der Waals surface area contributed by atoms with Gasteiger partial charge in [0.05, 0.1) is 5.69 Å². The minimum atomic E-state index is -4.88. The molecule has 0 bridgehead atoms. The van der Waals surface area contributed by atoms with E-state index in [0.29, 0.717) is 11.8 Å². The summed E-state index contributed by atoms with van der Waals surface area (Å²) in [7, 11) is 0. The second-order valence-electron chi connectivity index (χ2n) is 5.95. The smallest absolute Gasteiger partial charge is 0.415 e. The molecule has 1 amide bonds. The van der Waals surface area contributed by atoms with E-state index in [2.05, 4.69) is 27.8 Å². The van der Waals surface area contributed by atoms with Crippen LogP contribution in [0.5, 0.6) is 0 Å². The van der Waals surface area contributed by atoms with Gasteiger partial charge in [0, 0.05) is 28.4 Å². The Morgan fingerprint density at radius 1 is 1.40 bits per heavy atom. The summed E-state index contributed by atoms with van der Waals surface area (Å²) in [5, 5.41) is 0.727. The highest BCUT2D eigenvalue weighted by molar-refractivity contribution is 9.09. The summed E-state index contributed by atoms with van der Waals surface area (Å²) >= 11 is 9.18. The van der Waals surface area contributed by atoms with Crippen LogP contribution < -0.4 is 4.90 Å². The largest absolute Gasteiger partial charge is 0.445 e. The summed E-state index contributed by atoms with van der Waals surface area (Å²) in [6.45, 7) is 0.225. The molecule has 1 aliphatic heterocycles. The first-order chi connectivity index (χ1) is 11.8. The molecule has 0 saturated heterocycles. The minimum Gasteiger partial charge on any atom is -0.415 e. The summed E-state index contributed by atoms with van der Waals surface area (Å²) in [6.07, 6.45) is -3.86. The van der Waals surface area contributed by atoms with Gasteiger partial charge in [-0.1, -0.05) is 33.5 Å². The highest BCUT2D eigenvalue weighted by atomic mass is 79.9. The molecule has 3 rings (SSSR count). The molecule has 1 aromatic rings. The summed E-state index contributed by atoms with van der Waals surface area (Å²) in [4.78, 5) is 13.5. The zero-order valence-corrected chi connectivity index (χ0v) is 15.3. The number of ether oxygens (including phenoxy) is 1. The van der Waals surface area contributed by atoms with Crippen molar-refractivity contribution in [2.24, 2.45) is 5.92 Å². The Hall–Kier alpha value is -1.39. The molecule has 25 heavy (non-hydrogen) atoms. The lowest BCUT2D eigenvalue weighted by Gasteiger charge is -2.40. The van der Waals surface area contributed by atoms with E-state index in [9.17, 15) is 18.0 Å². The molecule has 8 heteroatoms. The molecule has 1 saturated carbocycles. The molecular weight excluding hydrogens is 423 g/mol. The number of anilines is 1. The van der Waals surface area contributed by atoms with Gasteiger partial charge in [-0.25, -0.2) is 4.79 Å². The zero-order valence-electron chi connectivity index (χ0n) is 13.0. The first-order valence-electron chi connectivity index (χ1n) is 7.74. The predicted octanol–water partition coefficient (Wildman–Crippen LogP) is 5.25. The Labute approximate surface area is 156 Å². The van der Waals surface area contributed by atoms with Crippen molar-refractivity contribution >= 4 is 39.3 Å². The van der Waals surface area contributed by atoms with Crippen molar-refractivity contribution in [2.75, 3.05) is 16.8 Å². The van der Waals surface area contributed by atoms with Crippen LogP contribution in [0.3, 0.4) is 0 Å². The van der Waals surface area contributed by atoms with Crippen molar-refractivity contribution in [2.45, 2.75) is 31.0 Å². The maximum atomic E-state index is 14.0. The number of benzene rings is 1. The molecule has 0 N–H and O–H groups in total. The van der Waals surface area contributed by atoms with E-state index in [1.165, 1.54) is 23.1 Å². The second-order valence-corrected chi connectivity index (χ2v) is 7.18. The topological polar surface area (TPSA) is 29.5 Å². The molecular formula is C17H14BrClF3NO2. The van der Waals surface area contributed by atoms with Crippen molar-refractivity contribution in [3.8, 4) is 11.8 Å². The molecule has 0 aromatic heterocycles. The van der Waals surface area contributed by atoms with Crippen LogP contribution in [0.2, 0.25) is 5.02 Å². The van der Waals surface area contributed by atoms with Gasteiger partial charge in [-0.2, -0.15) is 13.2 Å². The van der Waals surface area contributed by atoms with E-state index < -0.39 is 17.9 Å². The molecule has 1 aliphatic carbocycles. The number of hydrogen-bond donors (Lipinski definition) is 0. The lowest BCUT2D eigenvalue weighted by atomic mass is 9.89. The van der Waals surface area contributed by atoms with Crippen LogP contribution in [0.25, 0.3) is 0 Å². The van der Waals surface area contributed by atoms with Gasteiger partial charge in [-0.15, -0.1) is 0 Å². The standard InChI is InChI=1S/C17H14BrClF3NO2/c18-8-1-9-23-14-5-4-12(19)10-13(14)16(17(20,21)22,25-15(23)24)7-6-11-2-3-11/h4-5,10-11H,1-3,8-9H2. The van der Waals surface area contributed by atoms with Gasteiger partial charge in [0.25, 0.3) is 5.60 Å². The van der Waals surface area contributed by atoms with Gasteiger partial charge in [0.2, 0.25) is 0 Å². The maximum absolute atomic E-state index is 14.0. The summed E-state index contributed by atoms with van der Waals surface area (Å²) < 4.78 is 46.9. The molecule has 2 aliphatic rings. The molecule has 1 atom stereocenters. The Morgan fingerprint density at radius 2 is 2.12 bits per heavy atom. The number of nitrogens with zero attached hydrogens (tertiary/aromatic N) is 1. The average Bonchev–Trinajstić information content (AvgIpc) is 3.35. The predicted molar refractivity (Wildman–Crippen MR) is 91.9 cm³/mol. The van der Waals surface area contributed by atoms with Crippen molar-refractivity contribution < 1.29 is 22.7 Å². The van der Waals surface area contributed by atoms with Gasteiger partial charge in [-0.3, -0.25) is 4.90 Å². The molecule has 3 nitrogen and oxygen atoms in total. The molecule has 0 spiro atoms. The number of cyclic esters (lactones) is 1. The van der Waals surface area contributed by atoms with Crippen LogP contribution in [0, 0.1) is 17.8 Å². The Bertz CT molecular complexity index is 754. The molecule has 134 valence electrons. The SMILES string of the molecule is O=C1OC(C#CC2CC2)(C(F)(F)F)c2cc(Cl)ccc2N1CCCBr. The first-order valence-corrected chi connectivity index (χ1v) is 9.24. The molecule has 1 aromatic carbocycles. The van der Waals surface area contributed by atoms with Crippen LogP contribution in [0.1, 0.15) is 24.8 Å². The van der Waals surface area contributed by atoms with Crippen molar-refractivity contribution in [3.05, 3.63) is 28.8 Å². The van der Waals surface area contributed by atoms with Crippen molar-refractivity contribution in [3.63, 3.8) is 0 Å². The fraction of sp³-hybridized carbons (Fsp3) is 0.471. The van der Waals surface area contributed by atoms with Crippen molar-refractivity contribution in [1.29, 1.82) is 0 Å². The number of carbonyl (C=O) groups is 1. The second kappa shape index (κ2) is 6.73. The molecule has 1 unspecified atom stereocenters. The minimum absolute atomic E-state index is 0.0769. The number of halogens is 5. The van der Waals surface area contributed by atoms with E-state index in [1.54, 1.807) is 0 Å². The normalized spacial score (nSPS) is 22.8. The summed E-state index contributed by atoms with van der Waals surface area (Å²) in [5.41, 5.74) is -3.10. The van der Waals surface area contributed by atoms with E-state index in [1.807, 2.05) is 0 Å². The highest BCUT2D eigenvalue weighted by Gasteiger charge is 2.63. The summed E-state index contributed by atoms with van der Waals surface area (Å²) in [6, 6.07) is 4.04. The molecule has 1 fully saturated rings. The summed E-state index contributed by atoms with van der Waals surface area (Å²) in [5.74, 6) is 4.73. The van der Waals surface area contributed by atoms with Gasteiger partial charge in [0.15, 0.2) is 0 Å². The third kappa shape index (κ3) is 3.47. The van der Waals surface area contributed by atoms with E-state index >= 15 is 0 Å².